The van der Waals surface area contributed by atoms with Crippen LogP contribution in [0.4, 0.5) is 0 Å². The zero-order valence-electron chi connectivity index (χ0n) is 6.89. The first-order chi connectivity index (χ1) is 5.06. The molecule has 0 spiro atoms. The van der Waals surface area contributed by atoms with E-state index in [4.69, 9.17) is 5.73 Å². The third kappa shape index (κ3) is 5.39. The van der Waals surface area contributed by atoms with Crippen LogP contribution in [0.15, 0.2) is 0 Å². The maximum Gasteiger partial charge on any atom is 0.219 e. The van der Waals surface area contributed by atoms with Gasteiger partial charge in [-0.15, -0.1) is 0 Å². The SMILES string of the molecule is CCC(CC(N)=O)NC(C)=O. The van der Waals surface area contributed by atoms with E-state index in [-0.39, 0.29) is 24.3 Å². The van der Waals surface area contributed by atoms with Crippen molar-refractivity contribution >= 4 is 11.8 Å². The van der Waals surface area contributed by atoms with Crippen LogP contribution in [0.25, 0.3) is 0 Å². The maximum absolute atomic E-state index is 10.5. The third-order valence-corrected chi connectivity index (χ3v) is 1.35. The van der Waals surface area contributed by atoms with E-state index in [2.05, 4.69) is 5.32 Å². The van der Waals surface area contributed by atoms with Crippen LogP contribution in [-0.2, 0) is 9.59 Å². The standard InChI is InChI=1S/C7H14N2O2/c1-3-6(4-7(8)11)9-5(2)10/h6H,3-4H2,1-2H3,(H2,8,11)(H,9,10). The minimum Gasteiger partial charge on any atom is -0.370 e. The molecule has 0 aliphatic carbocycles. The molecule has 0 radical (unpaired) electrons. The molecule has 0 saturated heterocycles. The average molecular weight is 158 g/mol. The molecule has 2 amide bonds. The van der Waals surface area contributed by atoms with Gasteiger partial charge in [0.25, 0.3) is 0 Å². The van der Waals surface area contributed by atoms with Crippen molar-refractivity contribution in [3.8, 4) is 0 Å². The molecule has 0 heterocycles. The van der Waals surface area contributed by atoms with Crippen LogP contribution < -0.4 is 11.1 Å². The van der Waals surface area contributed by atoms with Crippen LogP contribution in [0, 0.1) is 0 Å². The molecule has 0 bridgehead atoms. The Balaban J connectivity index is 3.76. The van der Waals surface area contributed by atoms with Gasteiger partial charge in [0.05, 0.1) is 0 Å². The topological polar surface area (TPSA) is 72.2 Å². The second kappa shape index (κ2) is 4.71. The summed E-state index contributed by atoms with van der Waals surface area (Å²) in [4.78, 5) is 21.0. The van der Waals surface area contributed by atoms with Crippen LogP contribution >= 0.6 is 0 Å². The Morgan fingerprint density at radius 3 is 2.36 bits per heavy atom. The van der Waals surface area contributed by atoms with Crippen molar-refractivity contribution in [2.45, 2.75) is 32.7 Å². The fourth-order valence-electron chi connectivity index (χ4n) is 0.828. The molecular weight excluding hydrogens is 144 g/mol. The van der Waals surface area contributed by atoms with Crippen LogP contribution in [0.2, 0.25) is 0 Å². The highest BCUT2D eigenvalue weighted by atomic mass is 16.2. The number of hydrogen-bond donors (Lipinski definition) is 2. The van der Waals surface area contributed by atoms with Crippen LogP contribution in [-0.4, -0.2) is 17.9 Å². The van der Waals surface area contributed by atoms with E-state index < -0.39 is 0 Å². The molecule has 1 unspecified atom stereocenters. The molecule has 1 atom stereocenters. The average Bonchev–Trinajstić information content (AvgIpc) is 1.84. The first kappa shape index (κ1) is 9.94. The number of hydrogen-bond acceptors (Lipinski definition) is 2. The quantitative estimate of drug-likeness (QED) is 0.593. The molecule has 0 aliphatic heterocycles. The summed E-state index contributed by atoms with van der Waals surface area (Å²) in [6.45, 7) is 3.31. The number of nitrogens with one attached hydrogen (secondary N) is 1. The van der Waals surface area contributed by atoms with Gasteiger partial charge in [-0.2, -0.15) is 0 Å². The van der Waals surface area contributed by atoms with Gasteiger partial charge in [0, 0.05) is 19.4 Å². The van der Waals surface area contributed by atoms with Crippen molar-refractivity contribution in [2.75, 3.05) is 0 Å². The third-order valence-electron chi connectivity index (χ3n) is 1.35. The second-order valence-electron chi connectivity index (χ2n) is 2.48. The fraction of sp³-hybridized carbons (Fsp3) is 0.714. The molecule has 4 nitrogen and oxygen atoms in total. The normalized spacial score (nSPS) is 12.2. The minimum absolute atomic E-state index is 0.106. The van der Waals surface area contributed by atoms with E-state index in [1.807, 2.05) is 6.92 Å². The summed E-state index contributed by atoms with van der Waals surface area (Å²) in [6, 6.07) is -0.106. The number of carbonyl (C=O) groups is 2. The Morgan fingerprint density at radius 2 is 2.09 bits per heavy atom. The summed E-state index contributed by atoms with van der Waals surface area (Å²) in [6.07, 6.45) is 0.943. The largest absolute Gasteiger partial charge is 0.370 e. The maximum atomic E-state index is 10.5. The van der Waals surface area contributed by atoms with Crippen molar-refractivity contribution < 1.29 is 9.59 Å². The summed E-state index contributed by atoms with van der Waals surface area (Å²) >= 11 is 0. The highest BCUT2D eigenvalue weighted by molar-refractivity contribution is 5.77. The fourth-order valence-corrected chi connectivity index (χ4v) is 0.828. The molecule has 0 aromatic heterocycles. The number of nitrogens with two attached hydrogens (primary N) is 1. The van der Waals surface area contributed by atoms with Crippen molar-refractivity contribution in [1.82, 2.24) is 5.32 Å². The van der Waals surface area contributed by atoms with Crippen molar-refractivity contribution in [3.05, 3.63) is 0 Å². The highest BCUT2D eigenvalue weighted by Gasteiger charge is 2.09. The number of rotatable bonds is 4. The van der Waals surface area contributed by atoms with Gasteiger partial charge in [0.15, 0.2) is 0 Å². The predicted molar refractivity (Wildman–Crippen MR) is 41.7 cm³/mol. The summed E-state index contributed by atoms with van der Waals surface area (Å²) < 4.78 is 0. The van der Waals surface area contributed by atoms with Crippen molar-refractivity contribution in [3.63, 3.8) is 0 Å². The minimum atomic E-state index is -0.384. The molecule has 0 fully saturated rings. The lowest BCUT2D eigenvalue weighted by atomic mass is 10.1. The van der Waals surface area contributed by atoms with E-state index in [0.717, 1.165) is 6.42 Å². The lowest BCUT2D eigenvalue weighted by molar-refractivity contribution is -0.121. The molecule has 0 aromatic carbocycles. The predicted octanol–water partition coefficient (Wildman–Crippen LogP) is -0.224. The lowest BCUT2D eigenvalue weighted by Crippen LogP contribution is -2.35. The van der Waals surface area contributed by atoms with E-state index >= 15 is 0 Å². The van der Waals surface area contributed by atoms with Crippen LogP contribution in [0.3, 0.4) is 0 Å². The Hall–Kier alpha value is -1.06. The molecule has 0 aromatic rings. The number of primary amides is 1. The first-order valence-corrected chi connectivity index (χ1v) is 3.61. The van der Waals surface area contributed by atoms with Gasteiger partial charge in [-0.1, -0.05) is 6.92 Å². The van der Waals surface area contributed by atoms with Gasteiger partial charge in [0.2, 0.25) is 11.8 Å². The molecule has 64 valence electrons. The Labute approximate surface area is 66.1 Å². The molecule has 11 heavy (non-hydrogen) atoms. The first-order valence-electron chi connectivity index (χ1n) is 3.61. The van der Waals surface area contributed by atoms with Crippen molar-refractivity contribution in [1.29, 1.82) is 0 Å². The molecule has 0 aliphatic rings. The summed E-state index contributed by atoms with van der Waals surface area (Å²) in [5, 5.41) is 2.62. The Bertz CT molecular complexity index is 141. The van der Waals surface area contributed by atoms with Gasteiger partial charge >= 0.3 is 0 Å². The summed E-state index contributed by atoms with van der Waals surface area (Å²) in [5.41, 5.74) is 4.95. The van der Waals surface area contributed by atoms with Crippen LogP contribution in [0.5, 0.6) is 0 Å². The molecule has 0 saturated carbocycles. The van der Waals surface area contributed by atoms with Crippen LogP contribution in [0.1, 0.15) is 26.7 Å². The zero-order chi connectivity index (χ0) is 8.85. The Morgan fingerprint density at radius 1 is 1.55 bits per heavy atom. The molecule has 3 N–H and O–H groups in total. The van der Waals surface area contributed by atoms with E-state index in [9.17, 15) is 9.59 Å². The monoisotopic (exact) mass is 158 g/mol. The molecule has 4 heteroatoms. The van der Waals surface area contributed by atoms with Gasteiger partial charge in [0.1, 0.15) is 0 Å². The summed E-state index contributed by atoms with van der Waals surface area (Å²) in [7, 11) is 0. The summed E-state index contributed by atoms with van der Waals surface area (Å²) in [5.74, 6) is -0.510. The van der Waals surface area contributed by atoms with Gasteiger partial charge < -0.3 is 11.1 Å². The van der Waals surface area contributed by atoms with Gasteiger partial charge in [-0.05, 0) is 6.42 Å². The molecule has 0 rings (SSSR count). The zero-order valence-corrected chi connectivity index (χ0v) is 6.89. The number of amides is 2. The lowest BCUT2D eigenvalue weighted by Gasteiger charge is -2.12. The molecular formula is C7H14N2O2. The van der Waals surface area contributed by atoms with Gasteiger partial charge in [-0.3, -0.25) is 9.59 Å². The smallest absolute Gasteiger partial charge is 0.219 e. The highest BCUT2D eigenvalue weighted by Crippen LogP contribution is 1.95. The second-order valence-corrected chi connectivity index (χ2v) is 2.48. The van der Waals surface area contributed by atoms with Gasteiger partial charge in [-0.25, -0.2) is 0 Å². The van der Waals surface area contributed by atoms with E-state index in [0.29, 0.717) is 0 Å². The van der Waals surface area contributed by atoms with E-state index in [1.54, 1.807) is 0 Å². The van der Waals surface area contributed by atoms with E-state index in [1.165, 1.54) is 6.92 Å². The number of carbonyl (C=O) groups excluding carboxylic acids is 2. The van der Waals surface area contributed by atoms with Crippen molar-refractivity contribution in [2.24, 2.45) is 5.73 Å². The Kier molecular flexibility index (Phi) is 4.26.